The number of hydrogen-bond donors (Lipinski definition) is 1. The van der Waals surface area contributed by atoms with Crippen molar-refractivity contribution < 1.29 is 17.6 Å². The first-order valence-corrected chi connectivity index (χ1v) is 12.0. The van der Waals surface area contributed by atoms with E-state index >= 15 is 0 Å². The highest BCUT2D eigenvalue weighted by Gasteiger charge is 2.26. The second kappa shape index (κ2) is 9.22. The van der Waals surface area contributed by atoms with E-state index in [0.29, 0.717) is 36.7 Å². The van der Waals surface area contributed by atoms with Gasteiger partial charge in [0.15, 0.2) is 0 Å². The third kappa shape index (κ3) is 4.73. The first-order chi connectivity index (χ1) is 15.3. The van der Waals surface area contributed by atoms with Gasteiger partial charge < -0.3 is 9.88 Å². The van der Waals surface area contributed by atoms with Crippen molar-refractivity contribution in [3.05, 3.63) is 72.1 Å². The number of anilines is 1. The SMILES string of the molecule is Cc1nccn1-c1ccc(NC(=O)CCc2ccc(S(=O)(=O)N3CCCC3)cc2)cc1F. The number of carbonyl (C=O) groups is 1. The molecule has 1 amide bonds. The number of rotatable bonds is 7. The fraction of sp³-hybridized carbons (Fsp3) is 0.304. The van der Waals surface area contributed by atoms with Gasteiger partial charge in [0.25, 0.3) is 0 Å². The van der Waals surface area contributed by atoms with Crippen LogP contribution in [0.15, 0.2) is 59.8 Å². The van der Waals surface area contributed by atoms with Crippen molar-refractivity contribution in [1.29, 1.82) is 0 Å². The maximum absolute atomic E-state index is 14.5. The van der Waals surface area contributed by atoms with Crippen LogP contribution in [-0.2, 0) is 21.2 Å². The van der Waals surface area contributed by atoms with Crippen LogP contribution in [0.5, 0.6) is 0 Å². The van der Waals surface area contributed by atoms with Crippen molar-refractivity contribution in [3.63, 3.8) is 0 Å². The molecule has 0 saturated carbocycles. The summed E-state index contributed by atoms with van der Waals surface area (Å²) in [6, 6.07) is 11.2. The van der Waals surface area contributed by atoms with Gasteiger partial charge in [-0.05, 0) is 62.1 Å². The van der Waals surface area contributed by atoms with E-state index in [1.54, 1.807) is 60.3 Å². The van der Waals surface area contributed by atoms with Crippen molar-refractivity contribution in [2.45, 2.75) is 37.5 Å². The lowest BCUT2D eigenvalue weighted by atomic mass is 10.1. The van der Waals surface area contributed by atoms with Gasteiger partial charge in [-0.1, -0.05) is 12.1 Å². The summed E-state index contributed by atoms with van der Waals surface area (Å²) < 4.78 is 42.8. The van der Waals surface area contributed by atoms with Gasteiger partial charge in [0.2, 0.25) is 15.9 Å². The van der Waals surface area contributed by atoms with Gasteiger partial charge >= 0.3 is 0 Å². The van der Waals surface area contributed by atoms with E-state index < -0.39 is 15.8 Å². The summed E-state index contributed by atoms with van der Waals surface area (Å²) in [5, 5.41) is 2.71. The molecule has 9 heteroatoms. The zero-order chi connectivity index (χ0) is 22.7. The average Bonchev–Trinajstić information content (AvgIpc) is 3.45. The molecule has 0 spiro atoms. The maximum Gasteiger partial charge on any atom is 0.243 e. The van der Waals surface area contributed by atoms with Crippen LogP contribution in [0.3, 0.4) is 0 Å². The minimum atomic E-state index is -3.44. The molecule has 2 aromatic carbocycles. The molecule has 1 N–H and O–H groups in total. The quantitative estimate of drug-likeness (QED) is 0.588. The predicted molar refractivity (Wildman–Crippen MR) is 120 cm³/mol. The third-order valence-corrected chi connectivity index (χ3v) is 7.50. The Hall–Kier alpha value is -3.04. The zero-order valence-electron chi connectivity index (χ0n) is 17.8. The highest BCUT2D eigenvalue weighted by atomic mass is 32.2. The number of nitrogens with zero attached hydrogens (tertiary/aromatic N) is 3. The number of hydrogen-bond acceptors (Lipinski definition) is 4. The van der Waals surface area contributed by atoms with Gasteiger partial charge in [0.1, 0.15) is 11.6 Å². The van der Waals surface area contributed by atoms with Crippen molar-refractivity contribution in [2.75, 3.05) is 18.4 Å². The Balaban J connectivity index is 1.34. The Morgan fingerprint density at radius 2 is 1.84 bits per heavy atom. The Labute approximate surface area is 186 Å². The molecular weight excluding hydrogens is 431 g/mol. The fourth-order valence-corrected chi connectivity index (χ4v) is 5.32. The third-order valence-electron chi connectivity index (χ3n) is 5.58. The van der Waals surface area contributed by atoms with Crippen LogP contribution in [0.1, 0.15) is 30.7 Å². The molecular formula is C23H25FN4O3S. The van der Waals surface area contributed by atoms with Crippen LogP contribution >= 0.6 is 0 Å². The lowest BCUT2D eigenvalue weighted by Gasteiger charge is -2.15. The second-order valence-corrected chi connectivity index (χ2v) is 9.75. The van der Waals surface area contributed by atoms with Crippen molar-refractivity contribution in [3.8, 4) is 5.69 Å². The van der Waals surface area contributed by atoms with Crippen molar-refractivity contribution in [1.82, 2.24) is 13.9 Å². The highest BCUT2D eigenvalue weighted by Crippen LogP contribution is 2.22. The summed E-state index contributed by atoms with van der Waals surface area (Å²) in [6.45, 7) is 2.91. The number of benzene rings is 2. The molecule has 1 saturated heterocycles. The summed E-state index contributed by atoms with van der Waals surface area (Å²) in [4.78, 5) is 16.7. The van der Waals surface area contributed by atoms with Gasteiger partial charge in [-0.25, -0.2) is 17.8 Å². The van der Waals surface area contributed by atoms with Crippen LogP contribution in [-0.4, -0.2) is 41.3 Å². The topological polar surface area (TPSA) is 84.3 Å². The Kier molecular flexibility index (Phi) is 6.38. The summed E-state index contributed by atoms with van der Waals surface area (Å²) in [5.74, 6) is -0.0386. The van der Waals surface area contributed by atoms with Gasteiger partial charge in [0.05, 0.1) is 10.6 Å². The minimum Gasteiger partial charge on any atom is -0.326 e. The van der Waals surface area contributed by atoms with Crippen molar-refractivity contribution in [2.24, 2.45) is 0 Å². The number of amides is 1. The summed E-state index contributed by atoms with van der Waals surface area (Å²) in [7, 11) is -3.44. The number of aryl methyl sites for hydroxylation is 2. The van der Waals surface area contributed by atoms with Gasteiger partial charge in [-0.15, -0.1) is 0 Å². The Morgan fingerprint density at radius 1 is 1.12 bits per heavy atom. The predicted octanol–water partition coefficient (Wildman–Crippen LogP) is 3.68. The molecule has 0 unspecified atom stereocenters. The number of aromatic nitrogens is 2. The molecule has 4 rings (SSSR count). The van der Waals surface area contributed by atoms with Crippen molar-refractivity contribution >= 4 is 21.6 Å². The molecule has 0 radical (unpaired) electrons. The fourth-order valence-electron chi connectivity index (χ4n) is 3.80. The minimum absolute atomic E-state index is 0.197. The molecule has 1 aliphatic rings. The number of carbonyl (C=O) groups excluding carboxylic acids is 1. The first kappa shape index (κ1) is 22.2. The lowest BCUT2D eigenvalue weighted by molar-refractivity contribution is -0.116. The smallest absolute Gasteiger partial charge is 0.243 e. The molecule has 168 valence electrons. The number of imidazole rings is 1. The highest BCUT2D eigenvalue weighted by molar-refractivity contribution is 7.89. The zero-order valence-corrected chi connectivity index (χ0v) is 18.6. The van der Waals surface area contributed by atoms with E-state index in [1.165, 1.54) is 10.4 Å². The molecule has 2 heterocycles. The normalized spacial score (nSPS) is 14.6. The van der Waals surface area contributed by atoms with Crippen LogP contribution < -0.4 is 5.32 Å². The van der Waals surface area contributed by atoms with E-state index in [4.69, 9.17) is 0 Å². The molecule has 7 nitrogen and oxygen atoms in total. The maximum atomic E-state index is 14.5. The van der Waals surface area contributed by atoms with Gasteiger partial charge in [0, 0.05) is 37.6 Å². The molecule has 1 aromatic heterocycles. The molecule has 3 aromatic rings. The van der Waals surface area contributed by atoms with Gasteiger partial charge in [-0.2, -0.15) is 4.31 Å². The second-order valence-electron chi connectivity index (χ2n) is 7.81. The van der Waals surface area contributed by atoms with Crippen LogP contribution in [0, 0.1) is 12.7 Å². The molecule has 0 aliphatic carbocycles. The molecule has 32 heavy (non-hydrogen) atoms. The van der Waals surface area contributed by atoms with E-state index in [9.17, 15) is 17.6 Å². The van der Waals surface area contributed by atoms with E-state index in [1.807, 2.05) is 0 Å². The molecule has 0 bridgehead atoms. The largest absolute Gasteiger partial charge is 0.326 e. The van der Waals surface area contributed by atoms with E-state index in [0.717, 1.165) is 18.4 Å². The summed E-state index contributed by atoms with van der Waals surface area (Å²) in [6.07, 6.45) is 5.70. The average molecular weight is 457 g/mol. The number of halogens is 1. The Morgan fingerprint density at radius 3 is 2.47 bits per heavy atom. The Bertz CT molecular complexity index is 1220. The molecule has 1 fully saturated rings. The molecule has 1 aliphatic heterocycles. The van der Waals surface area contributed by atoms with E-state index in [2.05, 4.69) is 10.3 Å². The number of sulfonamides is 1. The molecule has 0 atom stereocenters. The summed E-state index contributed by atoms with van der Waals surface area (Å²) >= 11 is 0. The monoisotopic (exact) mass is 456 g/mol. The summed E-state index contributed by atoms with van der Waals surface area (Å²) in [5.41, 5.74) is 1.60. The van der Waals surface area contributed by atoms with Crippen LogP contribution in [0.25, 0.3) is 5.69 Å². The van der Waals surface area contributed by atoms with Crippen LogP contribution in [0.2, 0.25) is 0 Å². The first-order valence-electron chi connectivity index (χ1n) is 10.5. The van der Waals surface area contributed by atoms with Crippen LogP contribution in [0.4, 0.5) is 10.1 Å². The van der Waals surface area contributed by atoms with E-state index in [-0.39, 0.29) is 17.2 Å². The number of nitrogens with one attached hydrogen (secondary N) is 1. The van der Waals surface area contributed by atoms with Gasteiger partial charge in [-0.3, -0.25) is 4.79 Å². The standard InChI is InChI=1S/C23H25FN4O3S/c1-17-25-12-15-28(17)22-10-7-19(16-21(22)24)26-23(29)11-6-18-4-8-20(9-5-18)32(30,31)27-13-2-3-14-27/h4-5,7-10,12,15-16H,2-3,6,11,13-14H2,1H3,(H,26,29). The lowest BCUT2D eigenvalue weighted by Crippen LogP contribution is -2.27.